The number of amidine groups is 2. The summed E-state index contributed by atoms with van der Waals surface area (Å²) in [5.41, 5.74) is 8.60. The lowest BCUT2D eigenvalue weighted by atomic mass is 9.97. The summed E-state index contributed by atoms with van der Waals surface area (Å²) in [5.74, 6) is 1.45. The zero-order valence-corrected chi connectivity index (χ0v) is 30.1. The molecule has 0 spiro atoms. The molecular formula is C49H29N3O2S. The number of fused-ring (bicyclic) bond motifs is 10. The van der Waals surface area contributed by atoms with Gasteiger partial charge in [-0.25, -0.2) is 9.98 Å². The Morgan fingerprint density at radius 1 is 0.491 bits per heavy atom. The number of hydrogen-bond acceptors (Lipinski definition) is 6. The first-order chi connectivity index (χ1) is 27.2. The van der Waals surface area contributed by atoms with Gasteiger partial charge in [-0.15, -0.1) is 11.3 Å². The fourth-order valence-corrected chi connectivity index (χ4v) is 9.63. The van der Waals surface area contributed by atoms with Crippen molar-refractivity contribution in [2.24, 2.45) is 9.98 Å². The van der Waals surface area contributed by atoms with Gasteiger partial charge in [0.1, 0.15) is 34.3 Å². The van der Waals surface area contributed by atoms with Crippen molar-refractivity contribution in [2.75, 3.05) is 0 Å². The molecule has 0 amide bonds. The Hall–Kier alpha value is -7.02. The summed E-state index contributed by atoms with van der Waals surface area (Å²) in [4.78, 5) is 10.7. The van der Waals surface area contributed by atoms with E-state index in [1.807, 2.05) is 41.7 Å². The maximum absolute atomic E-state index is 6.65. The van der Waals surface area contributed by atoms with Gasteiger partial charge in [0, 0.05) is 58.4 Å². The molecule has 0 bridgehead atoms. The second-order valence-electron chi connectivity index (χ2n) is 14.1. The Balaban J connectivity index is 1.05. The Kier molecular flexibility index (Phi) is 6.50. The van der Waals surface area contributed by atoms with Gasteiger partial charge in [-0.3, -0.25) is 0 Å². The van der Waals surface area contributed by atoms with E-state index in [0.29, 0.717) is 5.84 Å². The van der Waals surface area contributed by atoms with E-state index in [4.69, 9.17) is 18.8 Å². The van der Waals surface area contributed by atoms with Gasteiger partial charge in [0.05, 0.1) is 0 Å². The third-order valence-electron chi connectivity index (χ3n) is 10.9. The number of benzene rings is 8. The van der Waals surface area contributed by atoms with Gasteiger partial charge in [-0.2, -0.15) is 0 Å². The summed E-state index contributed by atoms with van der Waals surface area (Å²) in [7, 11) is 0. The molecule has 5 nitrogen and oxygen atoms in total. The number of nitrogens with one attached hydrogen (secondary N) is 1. The summed E-state index contributed by atoms with van der Waals surface area (Å²) in [6.45, 7) is 0. The molecule has 0 radical (unpaired) electrons. The smallest absolute Gasteiger partial charge is 0.160 e. The molecule has 3 aromatic heterocycles. The van der Waals surface area contributed by atoms with E-state index in [2.05, 4.69) is 139 Å². The van der Waals surface area contributed by atoms with Crippen molar-refractivity contribution in [2.45, 2.75) is 6.17 Å². The highest BCUT2D eigenvalue weighted by molar-refractivity contribution is 7.26. The normalized spacial score (nSPS) is 14.7. The van der Waals surface area contributed by atoms with Crippen LogP contribution in [0.4, 0.5) is 0 Å². The fraction of sp³-hybridized carbons (Fsp3) is 0.0204. The van der Waals surface area contributed by atoms with Crippen LogP contribution in [0.3, 0.4) is 0 Å². The van der Waals surface area contributed by atoms with Crippen molar-refractivity contribution in [3.8, 4) is 11.1 Å². The van der Waals surface area contributed by atoms with Gasteiger partial charge >= 0.3 is 0 Å². The van der Waals surface area contributed by atoms with Crippen molar-refractivity contribution >= 4 is 97.8 Å². The minimum atomic E-state index is -0.365. The number of hydrogen-bond donors (Lipinski definition) is 1. The van der Waals surface area contributed by atoms with Crippen LogP contribution in [-0.2, 0) is 0 Å². The quantitative estimate of drug-likeness (QED) is 0.197. The van der Waals surface area contributed by atoms with Crippen LogP contribution in [0.5, 0.6) is 0 Å². The minimum absolute atomic E-state index is 0.365. The lowest BCUT2D eigenvalue weighted by Crippen LogP contribution is -2.33. The zero-order chi connectivity index (χ0) is 36.0. The van der Waals surface area contributed by atoms with Gasteiger partial charge < -0.3 is 14.2 Å². The molecule has 0 fully saturated rings. The molecular weight excluding hydrogens is 695 g/mol. The lowest BCUT2D eigenvalue weighted by Gasteiger charge is -2.24. The summed E-state index contributed by atoms with van der Waals surface area (Å²) in [6.07, 6.45) is -0.365. The largest absolute Gasteiger partial charge is 0.456 e. The molecule has 8 aromatic carbocycles. The van der Waals surface area contributed by atoms with Gasteiger partial charge in [0.15, 0.2) is 5.84 Å². The maximum atomic E-state index is 6.65. The van der Waals surface area contributed by atoms with Crippen LogP contribution < -0.4 is 5.32 Å². The van der Waals surface area contributed by atoms with Crippen LogP contribution in [-0.4, -0.2) is 11.7 Å². The monoisotopic (exact) mass is 723 g/mol. The third-order valence-corrected chi connectivity index (χ3v) is 12.2. The van der Waals surface area contributed by atoms with Crippen LogP contribution in [0.1, 0.15) is 22.9 Å². The van der Waals surface area contributed by atoms with Crippen LogP contribution in [0.25, 0.3) is 85.9 Å². The van der Waals surface area contributed by atoms with Gasteiger partial charge in [-0.1, -0.05) is 121 Å². The van der Waals surface area contributed by atoms with Gasteiger partial charge in [0.25, 0.3) is 0 Å². The number of rotatable bonds is 4. The van der Waals surface area contributed by atoms with Crippen LogP contribution in [0.2, 0.25) is 0 Å². The first kappa shape index (κ1) is 30.4. The number of aliphatic imine (C=N–C) groups is 2. The molecule has 55 heavy (non-hydrogen) atoms. The van der Waals surface area contributed by atoms with Gasteiger partial charge in [0.2, 0.25) is 0 Å². The molecule has 0 saturated carbocycles. The third kappa shape index (κ3) is 4.72. The van der Waals surface area contributed by atoms with Crippen LogP contribution >= 0.6 is 11.3 Å². The number of thiophene rings is 1. The first-order valence-electron chi connectivity index (χ1n) is 18.4. The molecule has 12 rings (SSSR count). The molecule has 11 aromatic rings. The summed E-state index contributed by atoms with van der Waals surface area (Å²) < 4.78 is 15.4. The number of para-hydroxylation sites is 1. The highest BCUT2D eigenvalue weighted by Gasteiger charge is 2.26. The maximum Gasteiger partial charge on any atom is 0.160 e. The van der Waals surface area contributed by atoms with Crippen molar-refractivity contribution in [3.63, 3.8) is 0 Å². The predicted octanol–water partition coefficient (Wildman–Crippen LogP) is 13.2. The topological polar surface area (TPSA) is 63.0 Å². The molecule has 1 atom stereocenters. The van der Waals surface area contributed by atoms with E-state index < -0.39 is 0 Å². The number of furan rings is 2. The Morgan fingerprint density at radius 3 is 2.07 bits per heavy atom. The molecule has 1 aliphatic heterocycles. The standard InChI is InChI=1S/C49H29N3O2S/c1-2-11-29-26-31(23-22-28(29)10-1)47-50-48(52-49(51-47)38-17-7-15-34-33-12-4-6-21-43(33)55-46(34)38)37-16-9-20-41-45(37)36-25-24-30(27-42(36)54-41)32-14-8-19-40-44(32)35-13-3-5-18-39(35)53-40/h1-27,49H,(H,50,51,52). The average Bonchev–Trinajstić information content (AvgIpc) is 3.94. The Bertz CT molecular complexity index is 3440. The van der Waals surface area contributed by atoms with E-state index in [1.54, 1.807) is 0 Å². The molecule has 0 saturated heterocycles. The lowest BCUT2D eigenvalue weighted by molar-refractivity contribution is 0.668. The first-order valence-corrected chi connectivity index (χ1v) is 19.2. The SMILES string of the molecule is c1ccc2cc(C3=NC(c4cccc5oc6cc(-c7cccc8oc9ccccc9c78)ccc6c45)=NC(c4cccc5c4sc4ccccc45)N3)ccc2c1. The van der Waals surface area contributed by atoms with E-state index >= 15 is 0 Å². The molecule has 1 unspecified atom stereocenters. The summed E-state index contributed by atoms with van der Waals surface area (Å²) in [5, 5.41) is 12.8. The Labute approximate surface area is 318 Å². The van der Waals surface area contributed by atoms with E-state index in [0.717, 1.165) is 82.9 Å². The molecule has 6 heteroatoms. The average molecular weight is 724 g/mol. The molecule has 1 aliphatic rings. The Morgan fingerprint density at radius 2 is 1.16 bits per heavy atom. The molecule has 4 heterocycles. The second-order valence-corrected chi connectivity index (χ2v) is 15.2. The second kappa shape index (κ2) is 11.7. The van der Waals surface area contributed by atoms with Crippen LogP contribution in [0, 0.1) is 0 Å². The van der Waals surface area contributed by atoms with E-state index in [1.165, 1.54) is 25.6 Å². The highest BCUT2D eigenvalue weighted by Crippen LogP contribution is 2.42. The van der Waals surface area contributed by atoms with Crippen molar-refractivity contribution in [3.05, 3.63) is 180 Å². The van der Waals surface area contributed by atoms with Crippen molar-refractivity contribution in [1.29, 1.82) is 0 Å². The fourth-order valence-electron chi connectivity index (χ4n) is 8.39. The molecule has 1 N–H and O–H groups in total. The number of nitrogens with zero attached hydrogens (tertiary/aromatic N) is 2. The summed E-state index contributed by atoms with van der Waals surface area (Å²) >= 11 is 1.81. The van der Waals surface area contributed by atoms with Crippen LogP contribution in [0.15, 0.2) is 183 Å². The minimum Gasteiger partial charge on any atom is -0.456 e. The van der Waals surface area contributed by atoms with E-state index in [9.17, 15) is 0 Å². The van der Waals surface area contributed by atoms with Crippen molar-refractivity contribution in [1.82, 2.24) is 5.32 Å². The highest BCUT2D eigenvalue weighted by atomic mass is 32.1. The molecule has 0 aliphatic carbocycles. The van der Waals surface area contributed by atoms with Gasteiger partial charge in [-0.05, 0) is 64.4 Å². The summed E-state index contributed by atoms with van der Waals surface area (Å²) in [6, 6.07) is 57.3. The molecule has 258 valence electrons. The zero-order valence-electron chi connectivity index (χ0n) is 29.3. The predicted molar refractivity (Wildman–Crippen MR) is 229 cm³/mol. The van der Waals surface area contributed by atoms with Crippen molar-refractivity contribution < 1.29 is 8.83 Å². The van der Waals surface area contributed by atoms with E-state index in [-0.39, 0.29) is 6.17 Å².